The minimum Gasteiger partial charge on any atom is -0.376 e. The van der Waals surface area contributed by atoms with E-state index < -0.39 is 23.5 Å². The summed E-state index contributed by atoms with van der Waals surface area (Å²) in [4.78, 5) is 0. The summed E-state index contributed by atoms with van der Waals surface area (Å²) in [6.45, 7) is 1.35. The highest BCUT2D eigenvalue weighted by Crippen LogP contribution is 2.36. The van der Waals surface area contributed by atoms with Gasteiger partial charge in [-0.1, -0.05) is 30.3 Å². The van der Waals surface area contributed by atoms with Crippen LogP contribution in [0.25, 0.3) is 0 Å². The van der Waals surface area contributed by atoms with Gasteiger partial charge in [-0.3, -0.25) is 0 Å². The Kier molecular flexibility index (Phi) is 6.00. The fraction of sp³-hybridized carbons (Fsp3) is 0.400. The standard InChI is InChI=1S/C20H19F6NO/c21-19(22,23)16-6-13(7-17(8-16)20(24,25)26)11-28-12-15-9-27-10-18(15)14-4-2-1-3-5-14/h1-8,15,18,27H,9-12H2/t15-,18+/m1/s1. The fourth-order valence-corrected chi connectivity index (χ4v) is 3.43. The Hall–Kier alpha value is -2.06. The van der Waals surface area contributed by atoms with Gasteiger partial charge in [0, 0.05) is 24.9 Å². The van der Waals surface area contributed by atoms with Crippen LogP contribution in [0.3, 0.4) is 0 Å². The van der Waals surface area contributed by atoms with Crippen molar-refractivity contribution in [2.24, 2.45) is 5.92 Å². The lowest BCUT2D eigenvalue weighted by molar-refractivity contribution is -0.143. The molecule has 1 N–H and O–H groups in total. The van der Waals surface area contributed by atoms with Crippen molar-refractivity contribution in [2.75, 3.05) is 19.7 Å². The van der Waals surface area contributed by atoms with Crippen LogP contribution in [0.15, 0.2) is 48.5 Å². The largest absolute Gasteiger partial charge is 0.416 e. The Morgan fingerprint density at radius 1 is 0.857 bits per heavy atom. The number of halogens is 6. The van der Waals surface area contributed by atoms with E-state index >= 15 is 0 Å². The lowest BCUT2D eigenvalue weighted by Crippen LogP contribution is -2.18. The van der Waals surface area contributed by atoms with Crippen LogP contribution in [-0.2, 0) is 23.7 Å². The second-order valence-electron chi connectivity index (χ2n) is 6.86. The first kappa shape index (κ1) is 20.7. The monoisotopic (exact) mass is 403 g/mol. The van der Waals surface area contributed by atoms with Crippen LogP contribution in [0, 0.1) is 5.92 Å². The smallest absolute Gasteiger partial charge is 0.376 e. The van der Waals surface area contributed by atoms with Crippen LogP contribution in [0.2, 0.25) is 0 Å². The maximum atomic E-state index is 12.9. The van der Waals surface area contributed by atoms with Crippen molar-refractivity contribution in [3.05, 3.63) is 70.8 Å². The van der Waals surface area contributed by atoms with Crippen LogP contribution in [0.4, 0.5) is 26.3 Å². The second-order valence-corrected chi connectivity index (χ2v) is 6.86. The van der Waals surface area contributed by atoms with Gasteiger partial charge in [0.15, 0.2) is 0 Å². The second kappa shape index (κ2) is 8.13. The number of hydrogen-bond acceptors (Lipinski definition) is 2. The van der Waals surface area contributed by atoms with E-state index in [-0.39, 0.29) is 36.7 Å². The average Bonchev–Trinajstić information content (AvgIpc) is 3.09. The Balaban J connectivity index is 1.69. The van der Waals surface area contributed by atoms with Crippen LogP contribution in [-0.4, -0.2) is 19.7 Å². The van der Waals surface area contributed by atoms with Gasteiger partial charge in [-0.15, -0.1) is 0 Å². The summed E-state index contributed by atoms with van der Waals surface area (Å²) in [7, 11) is 0. The summed E-state index contributed by atoms with van der Waals surface area (Å²) in [6.07, 6.45) is -9.71. The molecule has 2 nitrogen and oxygen atoms in total. The van der Waals surface area contributed by atoms with Gasteiger partial charge in [0.2, 0.25) is 0 Å². The van der Waals surface area contributed by atoms with Crippen molar-refractivity contribution < 1.29 is 31.1 Å². The molecule has 0 amide bonds. The van der Waals surface area contributed by atoms with Gasteiger partial charge in [0.25, 0.3) is 0 Å². The molecule has 8 heteroatoms. The Morgan fingerprint density at radius 2 is 1.46 bits per heavy atom. The summed E-state index contributed by atoms with van der Waals surface area (Å²) in [5, 5.41) is 3.25. The third-order valence-corrected chi connectivity index (χ3v) is 4.82. The SMILES string of the molecule is FC(F)(F)c1cc(COC[C@H]2CNC[C@H]2c2ccccc2)cc(C(F)(F)F)c1. The van der Waals surface area contributed by atoms with E-state index in [2.05, 4.69) is 5.32 Å². The molecule has 1 aliphatic rings. The van der Waals surface area contributed by atoms with Crippen LogP contribution < -0.4 is 5.32 Å². The summed E-state index contributed by atoms with van der Waals surface area (Å²) < 4.78 is 83.1. The van der Waals surface area contributed by atoms with E-state index in [9.17, 15) is 26.3 Å². The van der Waals surface area contributed by atoms with E-state index in [0.29, 0.717) is 18.7 Å². The zero-order valence-electron chi connectivity index (χ0n) is 14.8. The maximum Gasteiger partial charge on any atom is 0.416 e. The summed E-state index contributed by atoms with van der Waals surface area (Å²) in [5.74, 6) is 0.281. The summed E-state index contributed by atoms with van der Waals surface area (Å²) in [6, 6.07) is 11.3. The van der Waals surface area contributed by atoms with Gasteiger partial charge in [-0.2, -0.15) is 26.3 Å². The molecule has 3 rings (SSSR count). The number of benzene rings is 2. The lowest BCUT2D eigenvalue weighted by atomic mass is 9.89. The van der Waals surface area contributed by atoms with Gasteiger partial charge < -0.3 is 10.1 Å². The molecule has 0 bridgehead atoms. The lowest BCUT2D eigenvalue weighted by Gasteiger charge is -2.19. The quantitative estimate of drug-likeness (QED) is 0.689. The minimum atomic E-state index is -4.86. The molecule has 1 aliphatic heterocycles. The molecule has 1 heterocycles. The predicted molar refractivity (Wildman–Crippen MR) is 91.6 cm³/mol. The molecule has 0 radical (unpaired) electrons. The highest BCUT2D eigenvalue weighted by Gasteiger charge is 2.37. The van der Waals surface area contributed by atoms with E-state index in [1.54, 1.807) is 0 Å². The zero-order valence-corrected chi connectivity index (χ0v) is 14.8. The van der Waals surface area contributed by atoms with Crippen LogP contribution in [0.5, 0.6) is 0 Å². The van der Waals surface area contributed by atoms with Crippen molar-refractivity contribution in [1.82, 2.24) is 5.32 Å². The highest BCUT2D eigenvalue weighted by atomic mass is 19.4. The normalized spacial score (nSPS) is 20.5. The van der Waals surface area contributed by atoms with Crippen LogP contribution >= 0.6 is 0 Å². The predicted octanol–water partition coefficient (Wildman–Crippen LogP) is 5.24. The molecule has 28 heavy (non-hydrogen) atoms. The van der Waals surface area contributed by atoms with Crippen molar-refractivity contribution in [1.29, 1.82) is 0 Å². The third-order valence-electron chi connectivity index (χ3n) is 4.82. The summed E-state index contributed by atoms with van der Waals surface area (Å²) >= 11 is 0. The van der Waals surface area contributed by atoms with Crippen molar-refractivity contribution in [2.45, 2.75) is 24.9 Å². The highest BCUT2D eigenvalue weighted by molar-refractivity contribution is 5.33. The van der Waals surface area contributed by atoms with Gasteiger partial charge in [0.1, 0.15) is 0 Å². The molecule has 0 saturated carbocycles. The number of hydrogen-bond donors (Lipinski definition) is 1. The summed E-state index contributed by atoms with van der Waals surface area (Å²) in [5.41, 5.74) is -1.68. The minimum absolute atomic E-state index is 0.0929. The van der Waals surface area contributed by atoms with Crippen molar-refractivity contribution >= 4 is 0 Å². The molecule has 0 spiro atoms. The Labute approximate surface area is 158 Å². The van der Waals surface area contributed by atoms with Crippen LogP contribution in [0.1, 0.15) is 28.2 Å². The molecule has 0 aromatic heterocycles. The topological polar surface area (TPSA) is 21.3 Å². The molecule has 2 aromatic carbocycles. The average molecular weight is 403 g/mol. The molecular formula is C20H19F6NO. The number of nitrogens with one attached hydrogen (secondary N) is 1. The molecule has 152 valence electrons. The molecule has 0 unspecified atom stereocenters. The van der Waals surface area contributed by atoms with Gasteiger partial charge in [0.05, 0.1) is 24.3 Å². The third kappa shape index (κ3) is 5.05. The van der Waals surface area contributed by atoms with E-state index in [1.165, 1.54) is 0 Å². The first-order valence-corrected chi connectivity index (χ1v) is 8.76. The van der Waals surface area contributed by atoms with Gasteiger partial charge in [-0.05, 0) is 29.3 Å². The Morgan fingerprint density at radius 3 is 2.04 bits per heavy atom. The first-order chi connectivity index (χ1) is 13.1. The van der Waals surface area contributed by atoms with E-state index in [1.807, 2.05) is 30.3 Å². The number of alkyl halides is 6. The molecule has 1 saturated heterocycles. The number of ether oxygens (including phenoxy) is 1. The van der Waals surface area contributed by atoms with Gasteiger partial charge in [-0.25, -0.2) is 0 Å². The molecular weight excluding hydrogens is 384 g/mol. The van der Waals surface area contributed by atoms with Gasteiger partial charge >= 0.3 is 12.4 Å². The molecule has 2 atom stereocenters. The molecule has 2 aromatic rings. The Bertz CT molecular complexity index is 755. The van der Waals surface area contributed by atoms with E-state index in [0.717, 1.165) is 12.1 Å². The number of rotatable bonds is 5. The fourth-order valence-electron chi connectivity index (χ4n) is 3.43. The zero-order chi connectivity index (χ0) is 20.4. The first-order valence-electron chi connectivity index (χ1n) is 8.76. The molecule has 0 aliphatic carbocycles. The van der Waals surface area contributed by atoms with E-state index in [4.69, 9.17) is 4.74 Å². The molecule has 1 fully saturated rings. The van der Waals surface area contributed by atoms with Crippen molar-refractivity contribution in [3.8, 4) is 0 Å². The van der Waals surface area contributed by atoms with Crippen molar-refractivity contribution in [3.63, 3.8) is 0 Å². The maximum absolute atomic E-state index is 12.9.